The first-order chi connectivity index (χ1) is 13.8. The maximum atomic E-state index is 14.1. The van der Waals surface area contributed by atoms with Gasteiger partial charge in [0.15, 0.2) is 0 Å². The predicted octanol–water partition coefficient (Wildman–Crippen LogP) is 6.29. The lowest BCUT2D eigenvalue weighted by atomic mass is 9.90. The lowest BCUT2D eigenvalue weighted by Gasteiger charge is -2.39. The average Bonchev–Trinajstić information content (AvgIpc) is 2.71. The van der Waals surface area contributed by atoms with E-state index >= 15 is 0 Å². The molecule has 3 heteroatoms. The molecule has 0 heterocycles. The van der Waals surface area contributed by atoms with Crippen LogP contribution in [0.2, 0.25) is 0 Å². The third-order valence-corrected chi connectivity index (χ3v) is 5.31. The fourth-order valence-corrected chi connectivity index (χ4v) is 3.85. The van der Waals surface area contributed by atoms with E-state index in [4.69, 9.17) is 0 Å². The number of aliphatic hydroxyl groups is 1. The highest BCUT2D eigenvalue weighted by molar-refractivity contribution is 5.25. The summed E-state index contributed by atoms with van der Waals surface area (Å²) >= 11 is 0. The van der Waals surface area contributed by atoms with E-state index in [0.717, 1.165) is 5.56 Å². The molecule has 2 atom stereocenters. The fourth-order valence-electron chi connectivity index (χ4n) is 3.85. The standard InChI is InChI=1S/C26H30FNO/c1-20(22-13-8-5-9-14-22)28(19-21-11-6-4-7-12-21)25(18-26(2,3)29)23-15-10-16-24(27)17-23/h4-17,20,25,29H,18-19H2,1-3H3/t20-,25+/m0/s1. The zero-order chi connectivity index (χ0) is 20.9. The first kappa shape index (κ1) is 21.2. The molecule has 152 valence electrons. The highest BCUT2D eigenvalue weighted by Crippen LogP contribution is 2.37. The largest absolute Gasteiger partial charge is 0.390 e. The molecular formula is C26H30FNO. The van der Waals surface area contributed by atoms with Gasteiger partial charge in [0.1, 0.15) is 5.82 Å². The second-order valence-corrected chi connectivity index (χ2v) is 8.33. The molecule has 0 amide bonds. The monoisotopic (exact) mass is 391 g/mol. The van der Waals surface area contributed by atoms with Crippen LogP contribution >= 0.6 is 0 Å². The summed E-state index contributed by atoms with van der Waals surface area (Å²) in [6.07, 6.45) is 0.500. The van der Waals surface area contributed by atoms with E-state index in [1.807, 2.05) is 56.3 Å². The Morgan fingerprint density at radius 2 is 1.45 bits per heavy atom. The van der Waals surface area contributed by atoms with Gasteiger partial charge in [0.05, 0.1) is 5.60 Å². The van der Waals surface area contributed by atoms with Crippen molar-refractivity contribution in [1.29, 1.82) is 0 Å². The van der Waals surface area contributed by atoms with Gasteiger partial charge in [-0.2, -0.15) is 0 Å². The molecule has 0 radical (unpaired) electrons. The summed E-state index contributed by atoms with van der Waals surface area (Å²) in [4.78, 5) is 2.36. The van der Waals surface area contributed by atoms with Gasteiger partial charge in [0, 0.05) is 18.6 Å². The molecule has 0 unspecified atom stereocenters. The minimum Gasteiger partial charge on any atom is -0.390 e. The van der Waals surface area contributed by atoms with Gasteiger partial charge in [-0.05, 0) is 56.0 Å². The third kappa shape index (κ3) is 5.99. The van der Waals surface area contributed by atoms with Crippen molar-refractivity contribution >= 4 is 0 Å². The number of benzene rings is 3. The van der Waals surface area contributed by atoms with Crippen LogP contribution in [-0.4, -0.2) is 15.6 Å². The number of hydrogen-bond acceptors (Lipinski definition) is 2. The fraction of sp³-hybridized carbons (Fsp3) is 0.308. The van der Waals surface area contributed by atoms with Gasteiger partial charge in [-0.25, -0.2) is 4.39 Å². The molecule has 3 aromatic carbocycles. The zero-order valence-electron chi connectivity index (χ0n) is 17.4. The maximum Gasteiger partial charge on any atom is 0.123 e. The first-order valence-corrected chi connectivity index (χ1v) is 10.2. The SMILES string of the molecule is C[C@@H](c1ccccc1)N(Cc1ccccc1)[C@H](CC(C)(C)O)c1cccc(F)c1. The lowest BCUT2D eigenvalue weighted by Crippen LogP contribution is -2.36. The third-order valence-electron chi connectivity index (χ3n) is 5.31. The highest BCUT2D eigenvalue weighted by Gasteiger charge is 2.31. The van der Waals surface area contributed by atoms with Gasteiger partial charge in [-0.15, -0.1) is 0 Å². The Hall–Kier alpha value is -2.49. The van der Waals surface area contributed by atoms with Gasteiger partial charge in [-0.1, -0.05) is 72.8 Å². The van der Waals surface area contributed by atoms with Gasteiger partial charge in [-0.3, -0.25) is 4.90 Å². The minimum absolute atomic E-state index is 0.0898. The Morgan fingerprint density at radius 3 is 2.03 bits per heavy atom. The van der Waals surface area contributed by atoms with Crippen LogP contribution in [0.1, 0.15) is 56.0 Å². The molecule has 29 heavy (non-hydrogen) atoms. The Kier molecular flexibility index (Phi) is 6.83. The molecule has 0 saturated carbocycles. The number of rotatable bonds is 8. The molecule has 3 aromatic rings. The summed E-state index contributed by atoms with van der Waals surface area (Å²) in [6, 6.07) is 27.3. The molecule has 0 aliphatic rings. The summed E-state index contributed by atoms with van der Waals surface area (Å²) in [5, 5.41) is 10.7. The van der Waals surface area contributed by atoms with Crippen LogP contribution in [0, 0.1) is 5.82 Å². The molecule has 0 aromatic heterocycles. The molecule has 0 bridgehead atoms. The van der Waals surface area contributed by atoms with Crippen molar-refractivity contribution in [2.45, 2.75) is 51.4 Å². The summed E-state index contributed by atoms with van der Waals surface area (Å²) in [5.74, 6) is -0.254. The van der Waals surface area contributed by atoms with Crippen LogP contribution in [0.3, 0.4) is 0 Å². The minimum atomic E-state index is -0.887. The molecule has 0 spiro atoms. The van der Waals surface area contributed by atoms with Crippen molar-refractivity contribution in [1.82, 2.24) is 4.90 Å². The lowest BCUT2D eigenvalue weighted by molar-refractivity contribution is 0.0182. The number of hydrogen-bond donors (Lipinski definition) is 1. The van der Waals surface area contributed by atoms with Crippen LogP contribution in [0.5, 0.6) is 0 Å². The quantitative estimate of drug-likeness (QED) is 0.488. The Morgan fingerprint density at radius 1 is 0.862 bits per heavy atom. The van der Waals surface area contributed by atoms with E-state index in [9.17, 15) is 9.50 Å². The smallest absolute Gasteiger partial charge is 0.123 e. The Bertz CT molecular complexity index is 889. The second-order valence-electron chi connectivity index (χ2n) is 8.33. The van der Waals surface area contributed by atoms with E-state index in [0.29, 0.717) is 13.0 Å². The molecule has 3 rings (SSSR count). The van der Waals surface area contributed by atoms with Crippen molar-refractivity contribution in [3.8, 4) is 0 Å². The molecule has 1 N–H and O–H groups in total. The van der Waals surface area contributed by atoms with Crippen LogP contribution in [0.25, 0.3) is 0 Å². The molecule has 2 nitrogen and oxygen atoms in total. The van der Waals surface area contributed by atoms with Crippen molar-refractivity contribution in [2.24, 2.45) is 0 Å². The van der Waals surface area contributed by atoms with E-state index in [1.54, 1.807) is 12.1 Å². The van der Waals surface area contributed by atoms with Gasteiger partial charge < -0.3 is 5.11 Å². The maximum absolute atomic E-state index is 14.1. The second kappa shape index (κ2) is 9.34. The molecular weight excluding hydrogens is 361 g/mol. The van der Waals surface area contributed by atoms with Crippen LogP contribution in [0.4, 0.5) is 4.39 Å². The Balaban J connectivity index is 2.05. The molecule has 0 aliphatic carbocycles. The number of halogens is 1. The average molecular weight is 392 g/mol. The molecule has 0 saturated heterocycles. The summed E-state index contributed by atoms with van der Waals surface area (Å²) < 4.78 is 14.1. The molecule has 0 fully saturated rings. The van der Waals surface area contributed by atoms with Crippen molar-refractivity contribution in [3.05, 3.63) is 107 Å². The van der Waals surface area contributed by atoms with E-state index in [-0.39, 0.29) is 17.9 Å². The van der Waals surface area contributed by atoms with E-state index < -0.39 is 5.60 Å². The summed E-state index contributed by atoms with van der Waals surface area (Å²) in [5.41, 5.74) is 2.38. The van der Waals surface area contributed by atoms with Crippen LogP contribution < -0.4 is 0 Å². The van der Waals surface area contributed by atoms with Gasteiger partial charge in [0.2, 0.25) is 0 Å². The zero-order valence-corrected chi connectivity index (χ0v) is 17.4. The highest BCUT2D eigenvalue weighted by atomic mass is 19.1. The topological polar surface area (TPSA) is 23.5 Å². The first-order valence-electron chi connectivity index (χ1n) is 10.2. The Labute approximate surface area is 173 Å². The van der Waals surface area contributed by atoms with E-state index in [1.165, 1.54) is 17.2 Å². The van der Waals surface area contributed by atoms with Gasteiger partial charge in [0.25, 0.3) is 0 Å². The van der Waals surface area contributed by atoms with Crippen LogP contribution in [-0.2, 0) is 6.54 Å². The number of nitrogens with zero attached hydrogens (tertiary/aromatic N) is 1. The summed E-state index contributed by atoms with van der Waals surface area (Å²) in [6.45, 7) is 6.50. The van der Waals surface area contributed by atoms with Crippen LogP contribution in [0.15, 0.2) is 84.9 Å². The van der Waals surface area contributed by atoms with Crippen molar-refractivity contribution < 1.29 is 9.50 Å². The summed E-state index contributed by atoms with van der Waals surface area (Å²) in [7, 11) is 0. The van der Waals surface area contributed by atoms with E-state index in [2.05, 4.69) is 36.1 Å². The molecule has 0 aliphatic heterocycles. The van der Waals surface area contributed by atoms with Gasteiger partial charge >= 0.3 is 0 Å². The van der Waals surface area contributed by atoms with Crippen molar-refractivity contribution in [3.63, 3.8) is 0 Å². The predicted molar refractivity (Wildman–Crippen MR) is 117 cm³/mol. The van der Waals surface area contributed by atoms with Crippen molar-refractivity contribution in [2.75, 3.05) is 0 Å². The normalized spacial score (nSPS) is 14.0.